The number of nitrogens with two attached hydrogens (primary N) is 1. The van der Waals surface area contributed by atoms with E-state index >= 15 is 0 Å². The van der Waals surface area contributed by atoms with E-state index in [1.807, 2.05) is 0 Å². The fraction of sp³-hybridized carbons (Fsp3) is 0.923. The monoisotopic (exact) mass is 368 g/mol. The van der Waals surface area contributed by atoms with E-state index < -0.39 is 0 Å². The molecule has 0 aromatic rings. The Balaban J connectivity index is 0.00000289. The predicted octanol–water partition coefficient (Wildman–Crippen LogP) is 1.90. The van der Waals surface area contributed by atoms with E-state index in [0.29, 0.717) is 17.8 Å². The highest BCUT2D eigenvalue weighted by atomic mass is 127. The van der Waals surface area contributed by atoms with E-state index in [4.69, 9.17) is 5.73 Å². The van der Waals surface area contributed by atoms with Crippen LogP contribution in [0, 0.1) is 11.8 Å². The molecule has 0 aliphatic carbocycles. The van der Waals surface area contributed by atoms with Crippen molar-refractivity contribution in [3.05, 3.63) is 0 Å². The SMILES string of the molecule is CC(C)CN=C(N)NCC(C)CN1CCCC1.I. The molecule has 1 atom stereocenters. The van der Waals surface area contributed by atoms with Crippen LogP contribution in [0.3, 0.4) is 0 Å². The van der Waals surface area contributed by atoms with Crippen molar-refractivity contribution in [1.82, 2.24) is 10.2 Å². The second-order valence-corrected chi connectivity index (χ2v) is 5.61. The fourth-order valence-corrected chi connectivity index (χ4v) is 2.09. The molecule has 1 aliphatic rings. The van der Waals surface area contributed by atoms with Gasteiger partial charge in [-0.1, -0.05) is 20.8 Å². The van der Waals surface area contributed by atoms with Gasteiger partial charge in [0.05, 0.1) is 0 Å². The van der Waals surface area contributed by atoms with Gasteiger partial charge in [-0.2, -0.15) is 0 Å². The lowest BCUT2D eigenvalue weighted by molar-refractivity contribution is 0.288. The van der Waals surface area contributed by atoms with E-state index in [2.05, 4.69) is 36.0 Å². The summed E-state index contributed by atoms with van der Waals surface area (Å²) in [6.45, 7) is 12.0. The molecule has 0 aromatic heterocycles. The van der Waals surface area contributed by atoms with E-state index in [0.717, 1.165) is 13.1 Å². The number of hydrogen-bond acceptors (Lipinski definition) is 2. The molecule has 4 nitrogen and oxygen atoms in total. The fourth-order valence-electron chi connectivity index (χ4n) is 2.09. The molecule has 0 amide bonds. The van der Waals surface area contributed by atoms with Gasteiger partial charge in [0.2, 0.25) is 0 Å². The number of likely N-dealkylation sites (tertiary alicyclic amines) is 1. The Bertz CT molecular complexity index is 237. The number of hydrogen-bond donors (Lipinski definition) is 2. The van der Waals surface area contributed by atoms with Crippen LogP contribution in [-0.4, -0.2) is 43.6 Å². The Kier molecular flexibility index (Phi) is 9.81. The summed E-state index contributed by atoms with van der Waals surface area (Å²) in [5.41, 5.74) is 5.80. The number of halogens is 1. The maximum atomic E-state index is 5.80. The van der Waals surface area contributed by atoms with Crippen LogP contribution in [0.4, 0.5) is 0 Å². The normalized spacial score (nSPS) is 18.8. The smallest absolute Gasteiger partial charge is 0.188 e. The van der Waals surface area contributed by atoms with Crippen LogP contribution in [0.1, 0.15) is 33.6 Å². The third kappa shape index (κ3) is 8.13. The maximum Gasteiger partial charge on any atom is 0.188 e. The summed E-state index contributed by atoms with van der Waals surface area (Å²) < 4.78 is 0. The van der Waals surface area contributed by atoms with Gasteiger partial charge in [0, 0.05) is 19.6 Å². The van der Waals surface area contributed by atoms with Gasteiger partial charge in [-0.05, 0) is 37.8 Å². The molecule has 5 heteroatoms. The molecule has 3 N–H and O–H groups in total. The van der Waals surface area contributed by atoms with Gasteiger partial charge in [0.1, 0.15) is 0 Å². The highest BCUT2D eigenvalue weighted by Gasteiger charge is 2.14. The molecule has 0 bridgehead atoms. The standard InChI is InChI=1S/C13H28N4.HI/c1-11(2)8-15-13(14)16-9-12(3)10-17-6-4-5-7-17;/h11-12H,4-10H2,1-3H3,(H3,14,15,16);1H. The lowest BCUT2D eigenvalue weighted by Gasteiger charge is -2.20. The summed E-state index contributed by atoms with van der Waals surface area (Å²) in [4.78, 5) is 6.83. The topological polar surface area (TPSA) is 53.6 Å². The first kappa shape index (κ1) is 18.0. The van der Waals surface area contributed by atoms with Crippen molar-refractivity contribution in [2.75, 3.05) is 32.7 Å². The van der Waals surface area contributed by atoms with Gasteiger partial charge < -0.3 is 16.0 Å². The van der Waals surface area contributed by atoms with E-state index in [9.17, 15) is 0 Å². The number of nitrogens with one attached hydrogen (secondary N) is 1. The molecule has 108 valence electrons. The molecule has 1 rings (SSSR count). The molecular formula is C13H29IN4. The van der Waals surface area contributed by atoms with Gasteiger partial charge in [0.25, 0.3) is 0 Å². The zero-order valence-corrected chi connectivity index (χ0v) is 14.3. The summed E-state index contributed by atoms with van der Waals surface area (Å²) in [5, 5.41) is 3.21. The maximum absolute atomic E-state index is 5.80. The molecule has 1 unspecified atom stereocenters. The Morgan fingerprint density at radius 1 is 1.28 bits per heavy atom. The van der Waals surface area contributed by atoms with Gasteiger partial charge in [-0.15, -0.1) is 24.0 Å². The Labute approximate surface area is 129 Å². The third-order valence-corrected chi connectivity index (χ3v) is 3.03. The first-order chi connectivity index (χ1) is 8.08. The van der Waals surface area contributed by atoms with Gasteiger partial charge in [-0.25, -0.2) is 0 Å². The molecular weight excluding hydrogens is 339 g/mol. The van der Waals surface area contributed by atoms with Crippen LogP contribution in [0.25, 0.3) is 0 Å². The van der Waals surface area contributed by atoms with Crippen LogP contribution >= 0.6 is 24.0 Å². The number of aliphatic imine (C=N–C) groups is 1. The minimum Gasteiger partial charge on any atom is -0.370 e. The molecule has 1 aliphatic heterocycles. The average Bonchev–Trinajstić information content (AvgIpc) is 2.76. The van der Waals surface area contributed by atoms with Gasteiger partial charge in [-0.3, -0.25) is 4.99 Å². The van der Waals surface area contributed by atoms with Crippen molar-refractivity contribution >= 4 is 29.9 Å². The number of nitrogens with zero attached hydrogens (tertiary/aromatic N) is 2. The molecule has 1 heterocycles. The number of guanidine groups is 1. The highest BCUT2D eigenvalue weighted by Crippen LogP contribution is 2.09. The predicted molar refractivity (Wildman–Crippen MR) is 89.6 cm³/mol. The lowest BCUT2D eigenvalue weighted by Crippen LogP contribution is -2.38. The molecule has 1 fully saturated rings. The van der Waals surface area contributed by atoms with Crippen LogP contribution in [-0.2, 0) is 0 Å². The number of rotatable bonds is 6. The van der Waals surface area contributed by atoms with E-state index in [1.54, 1.807) is 0 Å². The quantitative estimate of drug-likeness (QED) is 0.428. The zero-order chi connectivity index (χ0) is 12.7. The Hall–Kier alpha value is -0.0400. The lowest BCUT2D eigenvalue weighted by atomic mass is 10.1. The average molecular weight is 368 g/mol. The van der Waals surface area contributed by atoms with Crippen LogP contribution in [0.5, 0.6) is 0 Å². The van der Waals surface area contributed by atoms with Crippen molar-refractivity contribution in [1.29, 1.82) is 0 Å². The Morgan fingerprint density at radius 2 is 1.89 bits per heavy atom. The molecule has 18 heavy (non-hydrogen) atoms. The molecule has 0 saturated carbocycles. The zero-order valence-electron chi connectivity index (χ0n) is 12.0. The third-order valence-electron chi connectivity index (χ3n) is 3.03. The minimum absolute atomic E-state index is 0. The van der Waals surface area contributed by atoms with Gasteiger partial charge >= 0.3 is 0 Å². The van der Waals surface area contributed by atoms with Crippen molar-refractivity contribution < 1.29 is 0 Å². The molecule has 0 radical (unpaired) electrons. The summed E-state index contributed by atoms with van der Waals surface area (Å²) >= 11 is 0. The summed E-state index contributed by atoms with van der Waals surface area (Å²) in [5.74, 6) is 1.78. The van der Waals surface area contributed by atoms with Crippen molar-refractivity contribution in [2.45, 2.75) is 33.6 Å². The first-order valence-electron chi connectivity index (χ1n) is 6.84. The van der Waals surface area contributed by atoms with Crippen LogP contribution in [0.2, 0.25) is 0 Å². The second kappa shape index (κ2) is 9.83. The summed E-state index contributed by atoms with van der Waals surface area (Å²) in [7, 11) is 0. The van der Waals surface area contributed by atoms with E-state index in [1.165, 1.54) is 32.5 Å². The van der Waals surface area contributed by atoms with Crippen molar-refractivity contribution in [3.8, 4) is 0 Å². The molecule has 0 spiro atoms. The molecule has 1 saturated heterocycles. The second-order valence-electron chi connectivity index (χ2n) is 5.61. The van der Waals surface area contributed by atoms with Crippen molar-refractivity contribution in [3.63, 3.8) is 0 Å². The first-order valence-corrected chi connectivity index (χ1v) is 6.84. The minimum atomic E-state index is 0. The highest BCUT2D eigenvalue weighted by molar-refractivity contribution is 14.0. The largest absolute Gasteiger partial charge is 0.370 e. The van der Waals surface area contributed by atoms with Crippen LogP contribution in [0.15, 0.2) is 4.99 Å². The van der Waals surface area contributed by atoms with Gasteiger partial charge in [0.15, 0.2) is 5.96 Å². The van der Waals surface area contributed by atoms with Crippen LogP contribution < -0.4 is 11.1 Å². The molecule has 0 aromatic carbocycles. The van der Waals surface area contributed by atoms with Crippen molar-refractivity contribution in [2.24, 2.45) is 22.6 Å². The summed E-state index contributed by atoms with van der Waals surface area (Å²) in [6.07, 6.45) is 2.72. The van der Waals surface area contributed by atoms with E-state index in [-0.39, 0.29) is 24.0 Å². The Morgan fingerprint density at radius 3 is 2.44 bits per heavy atom. The summed E-state index contributed by atoms with van der Waals surface area (Å²) in [6, 6.07) is 0.